The van der Waals surface area contributed by atoms with Gasteiger partial charge in [0.25, 0.3) is 11.8 Å². The highest BCUT2D eigenvalue weighted by Gasteiger charge is 2.70. The quantitative estimate of drug-likeness (QED) is 0.135. The van der Waals surface area contributed by atoms with Gasteiger partial charge in [0.1, 0.15) is 0 Å². The van der Waals surface area contributed by atoms with Crippen LogP contribution in [0.5, 0.6) is 11.5 Å². The molecule has 1 saturated carbocycles. The average Bonchev–Trinajstić information content (AvgIpc) is 3.62. The molecule has 2 N–H and O–H groups in total. The smallest absolute Gasteiger partial charge is 0.417 e. The van der Waals surface area contributed by atoms with Gasteiger partial charge in [0.2, 0.25) is 11.8 Å². The molecule has 6 atom stereocenters. The third kappa shape index (κ3) is 6.74. The Bertz CT molecular complexity index is 2460. The maximum atomic E-state index is 15.4. The summed E-state index contributed by atoms with van der Waals surface area (Å²) in [6.45, 7) is 2.16. The van der Waals surface area contributed by atoms with E-state index in [1.165, 1.54) is 23.6 Å². The number of anilines is 1. The Balaban J connectivity index is 1.12. The lowest BCUT2D eigenvalue weighted by molar-refractivity contribution is -0.144. The fraction of sp³-hybridized carbons (Fsp3) is 0.356. The summed E-state index contributed by atoms with van der Waals surface area (Å²) in [6.07, 6.45) is -0.892. The van der Waals surface area contributed by atoms with Crippen LogP contribution < -0.4 is 10.2 Å². The Kier molecular flexibility index (Phi) is 10.4. The Morgan fingerprint density at radius 3 is 2.30 bits per heavy atom. The van der Waals surface area contributed by atoms with Gasteiger partial charge in [-0.15, -0.1) is 0 Å². The summed E-state index contributed by atoms with van der Waals surface area (Å²) < 4.78 is 46.0. The van der Waals surface area contributed by atoms with Crippen molar-refractivity contribution in [2.75, 3.05) is 25.6 Å². The SMILES string of the molecule is COc1ccc(C2C3=CCC4C(=O)N(C5CCN(Cc6ccccc6)CC5)C(=O)C4C3CC3C(=O)N(Nc4ncc(C(F)(F)F)cc4Cl)C(=O)C32c2ccc(Cl)cc2)cc1O. The number of fused-ring (bicyclic) bond motifs is 4. The summed E-state index contributed by atoms with van der Waals surface area (Å²) in [5.74, 6) is -6.87. The van der Waals surface area contributed by atoms with E-state index in [2.05, 4.69) is 27.4 Å². The number of likely N-dealkylation sites (tertiary alicyclic amines) is 2. The van der Waals surface area contributed by atoms with Crippen molar-refractivity contribution in [2.24, 2.45) is 23.7 Å². The maximum absolute atomic E-state index is 15.4. The number of nitrogens with one attached hydrogen (secondary N) is 1. The monoisotopic (exact) mass is 873 g/mol. The first-order valence-corrected chi connectivity index (χ1v) is 20.8. The third-order valence-electron chi connectivity index (χ3n) is 13.3. The predicted octanol–water partition coefficient (Wildman–Crippen LogP) is 7.77. The Hall–Kier alpha value is -5.44. The highest BCUT2D eigenvalue weighted by molar-refractivity contribution is 6.33. The van der Waals surface area contributed by atoms with Crippen LogP contribution in [0.15, 0.2) is 96.7 Å². The Morgan fingerprint density at radius 1 is 0.918 bits per heavy atom. The molecule has 3 saturated heterocycles. The van der Waals surface area contributed by atoms with Crippen molar-refractivity contribution in [2.45, 2.75) is 55.8 Å². The number of benzene rings is 3. The van der Waals surface area contributed by atoms with Gasteiger partial charge in [-0.25, -0.2) is 4.98 Å². The number of hydrazine groups is 1. The van der Waals surface area contributed by atoms with Gasteiger partial charge in [0, 0.05) is 42.8 Å². The van der Waals surface area contributed by atoms with Gasteiger partial charge in [-0.2, -0.15) is 18.2 Å². The van der Waals surface area contributed by atoms with E-state index in [1.807, 2.05) is 24.3 Å². The van der Waals surface area contributed by atoms with Crippen LogP contribution in [0.1, 0.15) is 53.9 Å². The number of hydrogen-bond acceptors (Lipinski definition) is 9. The van der Waals surface area contributed by atoms with Crippen molar-refractivity contribution in [1.82, 2.24) is 19.8 Å². The van der Waals surface area contributed by atoms with Crippen molar-refractivity contribution in [3.8, 4) is 11.5 Å². The summed E-state index contributed by atoms with van der Waals surface area (Å²) in [5.41, 5.74) is 2.43. The van der Waals surface area contributed by atoms with Crippen LogP contribution in [0.4, 0.5) is 19.0 Å². The molecule has 316 valence electrons. The van der Waals surface area contributed by atoms with Crippen LogP contribution in [0.25, 0.3) is 0 Å². The second-order valence-electron chi connectivity index (χ2n) is 16.4. The van der Waals surface area contributed by atoms with Crippen molar-refractivity contribution < 1.29 is 42.2 Å². The predicted molar refractivity (Wildman–Crippen MR) is 218 cm³/mol. The van der Waals surface area contributed by atoms with Gasteiger partial charge < -0.3 is 9.84 Å². The number of rotatable bonds is 8. The minimum atomic E-state index is -4.75. The summed E-state index contributed by atoms with van der Waals surface area (Å²) in [4.78, 5) is 67.2. The Morgan fingerprint density at radius 2 is 1.64 bits per heavy atom. The molecule has 1 aromatic heterocycles. The number of methoxy groups -OCH3 is 1. The number of allylic oxidation sites excluding steroid dienone is 2. The van der Waals surface area contributed by atoms with E-state index < -0.39 is 63.6 Å². The minimum absolute atomic E-state index is 0.0203. The molecule has 11 nitrogen and oxygen atoms in total. The summed E-state index contributed by atoms with van der Waals surface area (Å²) >= 11 is 12.7. The Labute approximate surface area is 359 Å². The summed E-state index contributed by atoms with van der Waals surface area (Å²) in [6, 6.07) is 21.6. The number of imide groups is 2. The number of aromatic nitrogens is 1. The first kappa shape index (κ1) is 40.9. The highest BCUT2D eigenvalue weighted by atomic mass is 35.5. The van der Waals surface area contributed by atoms with E-state index in [0.29, 0.717) is 59.9 Å². The molecule has 3 aliphatic heterocycles. The van der Waals surface area contributed by atoms with Crippen molar-refractivity contribution in [1.29, 1.82) is 0 Å². The molecule has 6 unspecified atom stereocenters. The number of pyridine rings is 1. The van der Waals surface area contributed by atoms with Crippen molar-refractivity contribution in [3.63, 3.8) is 0 Å². The largest absolute Gasteiger partial charge is 0.504 e. The average molecular weight is 875 g/mol. The molecule has 16 heteroatoms. The molecule has 4 fully saturated rings. The molecule has 4 aromatic rings. The molecule has 61 heavy (non-hydrogen) atoms. The van der Waals surface area contributed by atoms with E-state index in [9.17, 15) is 32.7 Å². The number of amides is 4. The lowest BCUT2D eigenvalue weighted by Gasteiger charge is -2.50. The number of hydrogen-bond donors (Lipinski definition) is 2. The van der Waals surface area contributed by atoms with Crippen molar-refractivity contribution in [3.05, 3.63) is 129 Å². The van der Waals surface area contributed by atoms with E-state index >= 15 is 4.79 Å². The fourth-order valence-corrected chi connectivity index (χ4v) is 10.9. The van der Waals surface area contributed by atoms with Crippen LogP contribution >= 0.6 is 23.2 Å². The van der Waals surface area contributed by atoms with Crippen LogP contribution in [-0.4, -0.2) is 74.8 Å². The second-order valence-corrected chi connectivity index (χ2v) is 17.2. The molecule has 9 rings (SSSR count). The van der Waals surface area contributed by atoms with Gasteiger partial charge in [-0.3, -0.25) is 34.4 Å². The van der Waals surface area contributed by atoms with E-state index in [4.69, 9.17) is 27.9 Å². The van der Waals surface area contributed by atoms with Crippen LogP contribution in [0.3, 0.4) is 0 Å². The van der Waals surface area contributed by atoms with Crippen LogP contribution in [0.2, 0.25) is 10.0 Å². The minimum Gasteiger partial charge on any atom is -0.504 e. The molecule has 0 bridgehead atoms. The summed E-state index contributed by atoms with van der Waals surface area (Å²) in [7, 11) is 1.39. The number of ether oxygens (including phenoxy) is 1. The van der Waals surface area contributed by atoms with Crippen molar-refractivity contribution >= 4 is 52.6 Å². The molecule has 3 aromatic carbocycles. The lowest BCUT2D eigenvalue weighted by atomic mass is 9.49. The molecule has 5 aliphatic rings. The van der Waals surface area contributed by atoms with Gasteiger partial charge >= 0.3 is 6.18 Å². The standard InChI is InChI=1S/C45H40Cl2F3N5O6/c1-61-36-14-7-25(19-35(36)56)38-30-12-13-31-37(42(59)54(40(31)57)29-15-17-53(18-16-29)23-24-5-3-2-4-6-24)32(30)21-33-41(58)55(43(60)44(33,38)26-8-10-28(46)11-9-26)52-39-34(47)20-27(22-51-39)45(48,49)50/h2-12,14,19-20,22,29,31-33,37-38,56H,13,15-18,21,23H2,1H3,(H,51,52). The zero-order valence-corrected chi connectivity index (χ0v) is 34.3. The first-order valence-electron chi connectivity index (χ1n) is 20.1. The number of alkyl halides is 3. The van der Waals surface area contributed by atoms with Gasteiger partial charge in [-0.1, -0.05) is 83.4 Å². The maximum Gasteiger partial charge on any atom is 0.417 e. The van der Waals surface area contributed by atoms with Gasteiger partial charge in [0.05, 0.1) is 40.9 Å². The molecular formula is C45H40Cl2F3N5O6. The number of phenols is 1. The molecular weight excluding hydrogens is 834 g/mol. The number of aromatic hydroxyl groups is 1. The fourth-order valence-electron chi connectivity index (χ4n) is 10.6. The van der Waals surface area contributed by atoms with E-state index in [-0.39, 0.29) is 48.0 Å². The molecule has 2 aliphatic carbocycles. The summed E-state index contributed by atoms with van der Waals surface area (Å²) in [5, 5.41) is 11.8. The number of halogens is 5. The molecule has 4 amide bonds. The number of nitrogens with zero attached hydrogens (tertiary/aromatic N) is 4. The molecule has 0 radical (unpaired) electrons. The topological polar surface area (TPSA) is 132 Å². The zero-order valence-electron chi connectivity index (χ0n) is 32.7. The number of carbonyl (C=O) groups excluding carboxylic acids is 4. The first-order chi connectivity index (χ1) is 29.2. The van der Waals surface area contributed by atoms with Crippen LogP contribution in [0, 0.1) is 23.7 Å². The highest BCUT2D eigenvalue weighted by Crippen LogP contribution is 2.64. The van der Waals surface area contributed by atoms with Gasteiger partial charge in [0.15, 0.2) is 17.3 Å². The number of carbonyl (C=O) groups is 4. The molecule has 4 heterocycles. The normalized spacial score (nSPS) is 26.9. The zero-order chi connectivity index (χ0) is 43.0. The van der Waals surface area contributed by atoms with E-state index in [0.717, 1.165) is 11.6 Å². The lowest BCUT2D eigenvalue weighted by Crippen LogP contribution is -2.53. The number of phenolic OH excluding ortho intramolecular Hbond substituents is 1. The van der Waals surface area contributed by atoms with E-state index in [1.54, 1.807) is 36.4 Å². The molecule has 0 spiro atoms. The van der Waals surface area contributed by atoms with Gasteiger partial charge in [-0.05, 0) is 78.6 Å². The second kappa shape index (κ2) is 15.5. The number of piperidine rings is 1. The van der Waals surface area contributed by atoms with Crippen LogP contribution in [-0.2, 0) is 37.3 Å². The third-order valence-corrected chi connectivity index (χ3v) is 13.8.